The lowest BCUT2D eigenvalue weighted by Gasteiger charge is -2.32. The van der Waals surface area contributed by atoms with Gasteiger partial charge in [-0.2, -0.15) is 0 Å². The van der Waals surface area contributed by atoms with Gasteiger partial charge in [-0.1, -0.05) is 41.1 Å². The number of aromatic nitrogens is 2. The van der Waals surface area contributed by atoms with Crippen LogP contribution in [0, 0.1) is 12.7 Å². The van der Waals surface area contributed by atoms with Crippen LogP contribution >= 0.6 is 22.9 Å². The summed E-state index contributed by atoms with van der Waals surface area (Å²) in [6.07, 6.45) is -0.685. The van der Waals surface area contributed by atoms with E-state index >= 15 is 0 Å². The van der Waals surface area contributed by atoms with E-state index in [1.165, 1.54) is 35.5 Å². The van der Waals surface area contributed by atoms with E-state index in [2.05, 4.69) is 20.5 Å². The van der Waals surface area contributed by atoms with E-state index in [4.69, 9.17) is 16.3 Å². The Kier molecular flexibility index (Phi) is 6.26. The predicted molar refractivity (Wildman–Crippen MR) is 119 cm³/mol. The Bertz CT molecular complexity index is 1140. The highest BCUT2D eigenvalue weighted by atomic mass is 35.5. The maximum Gasteiger partial charge on any atom is 0.260 e. The third kappa shape index (κ3) is 4.58. The number of aliphatic imine (C=N–C) groups is 1. The van der Waals surface area contributed by atoms with Crippen LogP contribution in [-0.2, 0) is 16.1 Å². The van der Waals surface area contributed by atoms with Crippen molar-refractivity contribution in [1.82, 2.24) is 15.1 Å². The fourth-order valence-corrected chi connectivity index (χ4v) is 3.93. The summed E-state index contributed by atoms with van der Waals surface area (Å²) >= 11 is 7.36. The molecule has 0 saturated heterocycles. The maximum absolute atomic E-state index is 13.6. The van der Waals surface area contributed by atoms with Crippen LogP contribution < -0.4 is 5.32 Å². The predicted octanol–water partition coefficient (Wildman–Crippen LogP) is 4.13. The first kappa shape index (κ1) is 21.4. The molecular weight excluding hydrogens is 441 g/mol. The van der Waals surface area contributed by atoms with Gasteiger partial charge in [-0.3, -0.25) is 9.69 Å². The number of halogens is 2. The zero-order valence-corrected chi connectivity index (χ0v) is 18.4. The zero-order chi connectivity index (χ0) is 22.0. The van der Waals surface area contributed by atoms with Crippen LogP contribution in [0.25, 0.3) is 10.6 Å². The first-order valence-corrected chi connectivity index (χ1v) is 10.7. The van der Waals surface area contributed by atoms with E-state index in [0.717, 1.165) is 21.8 Å². The highest BCUT2D eigenvalue weighted by molar-refractivity contribution is 7.12. The number of aryl methyl sites for hydroxylation is 1. The van der Waals surface area contributed by atoms with Gasteiger partial charge in [0.15, 0.2) is 6.10 Å². The number of hydrogen-bond donors (Lipinski definition) is 1. The van der Waals surface area contributed by atoms with Crippen molar-refractivity contribution in [2.45, 2.75) is 19.6 Å². The molecule has 10 heteroatoms. The first-order chi connectivity index (χ1) is 15.0. The van der Waals surface area contributed by atoms with E-state index in [1.54, 1.807) is 11.6 Å². The Balaban J connectivity index is 1.65. The molecule has 2 aromatic carbocycles. The molecule has 2 heterocycles. The summed E-state index contributed by atoms with van der Waals surface area (Å²) < 4.78 is 18.8. The molecule has 0 saturated carbocycles. The topological polar surface area (TPSA) is 79.7 Å². The lowest BCUT2D eigenvalue weighted by molar-refractivity contribution is -0.138. The third-order valence-corrected chi connectivity index (χ3v) is 5.93. The van der Waals surface area contributed by atoms with E-state index in [0.29, 0.717) is 11.5 Å². The van der Waals surface area contributed by atoms with E-state index < -0.39 is 11.9 Å². The van der Waals surface area contributed by atoms with Crippen molar-refractivity contribution in [3.63, 3.8) is 0 Å². The van der Waals surface area contributed by atoms with E-state index in [1.807, 2.05) is 25.1 Å². The molecule has 1 N–H and O–H groups in total. The number of carbonyl (C=O) groups is 1. The SMILES string of the molecule is COC1CN=C(Nc2cc(-c3nncs3)ccc2C)N(Cc2ccc(F)c(Cl)c2)C1=O. The average Bonchev–Trinajstić information content (AvgIpc) is 3.30. The van der Waals surface area contributed by atoms with Crippen molar-refractivity contribution in [2.24, 2.45) is 4.99 Å². The zero-order valence-electron chi connectivity index (χ0n) is 16.8. The first-order valence-electron chi connectivity index (χ1n) is 9.43. The summed E-state index contributed by atoms with van der Waals surface area (Å²) in [5.41, 5.74) is 5.02. The second-order valence-electron chi connectivity index (χ2n) is 6.96. The number of ether oxygens (including phenoxy) is 1. The van der Waals surface area contributed by atoms with Crippen LogP contribution in [0.5, 0.6) is 0 Å². The smallest absolute Gasteiger partial charge is 0.260 e. The third-order valence-electron chi connectivity index (χ3n) is 4.90. The summed E-state index contributed by atoms with van der Waals surface area (Å²) in [4.78, 5) is 19.0. The van der Waals surface area contributed by atoms with Gasteiger partial charge < -0.3 is 10.1 Å². The number of anilines is 1. The number of carbonyl (C=O) groups excluding carboxylic acids is 1. The van der Waals surface area contributed by atoms with Crippen molar-refractivity contribution in [1.29, 1.82) is 0 Å². The van der Waals surface area contributed by atoms with Gasteiger partial charge in [-0.15, -0.1) is 10.2 Å². The van der Waals surface area contributed by atoms with Crippen molar-refractivity contribution in [3.05, 3.63) is 63.9 Å². The van der Waals surface area contributed by atoms with Crippen LogP contribution in [0.15, 0.2) is 46.9 Å². The summed E-state index contributed by atoms with van der Waals surface area (Å²) in [5, 5.41) is 12.1. The molecule has 1 aliphatic rings. The van der Waals surface area contributed by atoms with Gasteiger partial charge in [-0.05, 0) is 36.2 Å². The number of methoxy groups -OCH3 is 1. The molecule has 0 fully saturated rings. The fourth-order valence-electron chi connectivity index (χ4n) is 3.18. The standard InChI is InChI=1S/C21H19ClFN5O2S/c1-12-3-5-14(19-27-25-11-31-19)8-17(12)26-21-24-9-18(30-2)20(29)28(21)10-13-4-6-16(23)15(22)7-13/h3-8,11,18H,9-10H2,1-2H3,(H,24,26). The van der Waals surface area contributed by atoms with Crippen molar-refractivity contribution in [3.8, 4) is 10.6 Å². The van der Waals surface area contributed by atoms with Gasteiger partial charge in [0.1, 0.15) is 16.3 Å². The maximum atomic E-state index is 13.6. The largest absolute Gasteiger partial charge is 0.370 e. The molecule has 7 nitrogen and oxygen atoms in total. The van der Waals surface area contributed by atoms with Crippen LogP contribution in [0.4, 0.5) is 10.1 Å². The Morgan fingerprint density at radius 2 is 2.16 bits per heavy atom. The summed E-state index contributed by atoms with van der Waals surface area (Å²) in [6, 6.07) is 10.2. The Morgan fingerprint density at radius 1 is 1.32 bits per heavy atom. The average molecular weight is 460 g/mol. The van der Waals surface area contributed by atoms with Crippen molar-refractivity contribution in [2.75, 3.05) is 19.0 Å². The monoisotopic (exact) mass is 459 g/mol. The molecule has 1 atom stereocenters. The van der Waals surface area contributed by atoms with Crippen molar-refractivity contribution >= 4 is 40.5 Å². The summed E-state index contributed by atoms with van der Waals surface area (Å²) in [5.74, 6) is -0.365. The molecule has 1 amide bonds. The molecule has 31 heavy (non-hydrogen) atoms. The molecule has 0 bridgehead atoms. The van der Waals surface area contributed by atoms with Gasteiger partial charge in [0.25, 0.3) is 5.91 Å². The minimum Gasteiger partial charge on any atom is -0.370 e. The molecule has 0 radical (unpaired) electrons. The number of benzene rings is 2. The highest BCUT2D eigenvalue weighted by Crippen LogP contribution is 2.27. The minimum absolute atomic E-state index is 0.00250. The number of guanidine groups is 1. The Hall–Kier alpha value is -2.88. The second kappa shape index (κ2) is 9.09. The van der Waals surface area contributed by atoms with Gasteiger partial charge in [-0.25, -0.2) is 9.38 Å². The molecule has 0 spiro atoms. The lowest BCUT2D eigenvalue weighted by atomic mass is 10.1. The normalized spacial score (nSPS) is 16.4. The van der Waals surface area contributed by atoms with Crippen LogP contribution in [0.3, 0.4) is 0 Å². The molecule has 1 aliphatic heterocycles. The fraction of sp³-hybridized carbons (Fsp3) is 0.238. The lowest BCUT2D eigenvalue weighted by Crippen LogP contribution is -2.51. The Morgan fingerprint density at radius 3 is 2.87 bits per heavy atom. The van der Waals surface area contributed by atoms with Gasteiger partial charge in [0, 0.05) is 18.4 Å². The second-order valence-corrected chi connectivity index (χ2v) is 8.20. The quantitative estimate of drug-likeness (QED) is 0.620. The van der Waals surface area contributed by atoms with Gasteiger partial charge in [0.05, 0.1) is 18.1 Å². The Labute approximate surface area is 187 Å². The minimum atomic E-state index is -0.685. The molecule has 1 aromatic heterocycles. The van der Waals surface area contributed by atoms with E-state index in [9.17, 15) is 9.18 Å². The molecule has 3 aromatic rings. The van der Waals surface area contributed by atoms with Crippen LogP contribution in [0.1, 0.15) is 11.1 Å². The highest BCUT2D eigenvalue weighted by Gasteiger charge is 2.32. The summed E-state index contributed by atoms with van der Waals surface area (Å²) in [6.45, 7) is 2.33. The number of hydrogen-bond acceptors (Lipinski definition) is 7. The van der Waals surface area contributed by atoms with Gasteiger partial charge >= 0.3 is 0 Å². The molecular formula is C21H19ClFN5O2S. The number of rotatable bonds is 5. The van der Waals surface area contributed by atoms with Crippen molar-refractivity contribution < 1.29 is 13.9 Å². The molecule has 4 rings (SSSR count). The number of nitrogens with one attached hydrogen (secondary N) is 1. The number of nitrogens with zero attached hydrogens (tertiary/aromatic N) is 4. The van der Waals surface area contributed by atoms with Gasteiger partial charge in [0.2, 0.25) is 5.96 Å². The number of amides is 1. The van der Waals surface area contributed by atoms with Crippen LogP contribution in [0.2, 0.25) is 5.02 Å². The van der Waals surface area contributed by atoms with E-state index in [-0.39, 0.29) is 24.0 Å². The molecule has 1 unspecified atom stereocenters. The van der Waals surface area contributed by atoms with Crippen LogP contribution in [-0.4, -0.2) is 46.7 Å². The summed E-state index contributed by atoms with van der Waals surface area (Å²) in [7, 11) is 1.47. The molecule has 0 aliphatic carbocycles. The molecule has 160 valence electrons.